The predicted molar refractivity (Wildman–Crippen MR) is 68.3 cm³/mol. The van der Waals surface area contributed by atoms with Crippen LogP contribution < -0.4 is 0 Å². The van der Waals surface area contributed by atoms with E-state index in [0.717, 1.165) is 5.56 Å². The molecule has 4 heteroatoms. The second-order valence-corrected chi connectivity index (χ2v) is 4.29. The maximum Gasteiger partial charge on any atom is 0.135 e. The fourth-order valence-electron chi connectivity index (χ4n) is 1.51. The van der Waals surface area contributed by atoms with Crippen LogP contribution in [0.25, 0.3) is 11.1 Å². The van der Waals surface area contributed by atoms with Crippen LogP contribution in [0.15, 0.2) is 36.4 Å². The minimum Gasteiger partial charge on any atom is -0.506 e. The summed E-state index contributed by atoms with van der Waals surface area (Å²) in [5, 5.41) is 18.9. The normalized spacial score (nSPS) is 9.94. The summed E-state index contributed by atoms with van der Waals surface area (Å²) >= 11 is 11.9. The lowest BCUT2D eigenvalue weighted by Crippen LogP contribution is -1.82. The molecule has 0 aliphatic heterocycles. The monoisotopic (exact) mass is 263 g/mol. The molecule has 0 unspecified atom stereocenters. The Bertz CT molecular complexity index is 617. The lowest BCUT2D eigenvalue weighted by molar-refractivity contribution is 0.475. The van der Waals surface area contributed by atoms with Crippen LogP contribution in [0, 0.1) is 11.3 Å². The van der Waals surface area contributed by atoms with Gasteiger partial charge >= 0.3 is 0 Å². The molecular formula is C13H7Cl2NO. The van der Waals surface area contributed by atoms with Gasteiger partial charge in [-0.1, -0.05) is 35.3 Å². The maximum atomic E-state index is 9.40. The Kier molecular flexibility index (Phi) is 3.23. The molecule has 0 aliphatic rings. The summed E-state index contributed by atoms with van der Waals surface area (Å²) in [6.45, 7) is 0. The van der Waals surface area contributed by atoms with E-state index in [-0.39, 0.29) is 10.8 Å². The minimum absolute atomic E-state index is 0.0585. The summed E-state index contributed by atoms with van der Waals surface area (Å²) in [4.78, 5) is 0. The van der Waals surface area contributed by atoms with E-state index in [2.05, 4.69) is 6.07 Å². The van der Waals surface area contributed by atoms with Crippen molar-refractivity contribution in [2.75, 3.05) is 0 Å². The van der Waals surface area contributed by atoms with Crippen molar-refractivity contribution in [1.29, 1.82) is 5.26 Å². The van der Waals surface area contributed by atoms with Crippen molar-refractivity contribution in [3.05, 3.63) is 52.0 Å². The topological polar surface area (TPSA) is 44.0 Å². The highest BCUT2D eigenvalue weighted by molar-refractivity contribution is 6.36. The molecule has 17 heavy (non-hydrogen) atoms. The van der Waals surface area contributed by atoms with Crippen molar-refractivity contribution in [3.63, 3.8) is 0 Å². The number of halogens is 2. The van der Waals surface area contributed by atoms with Crippen molar-refractivity contribution in [3.8, 4) is 22.9 Å². The molecule has 0 saturated carbocycles. The SMILES string of the molecule is N#Cc1cccc(-c2cc(Cl)c(O)cc2Cl)c1. The Labute approximate surface area is 109 Å². The number of hydrogen-bond donors (Lipinski definition) is 1. The number of phenols is 1. The van der Waals surface area contributed by atoms with Crippen molar-refractivity contribution in [2.45, 2.75) is 0 Å². The van der Waals surface area contributed by atoms with Crippen LogP contribution in [-0.4, -0.2) is 5.11 Å². The first-order valence-electron chi connectivity index (χ1n) is 4.80. The molecule has 0 aliphatic carbocycles. The number of phenolic OH excluding ortho intramolecular Hbond substituents is 1. The van der Waals surface area contributed by atoms with Gasteiger partial charge in [0.05, 0.1) is 21.7 Å². The molecule has 2 nitrogen and oxygen atoms in total. The molecule has 2 rings (SSSR count). The maximum absolute atomic E-state index is 9.40. The standard InChI is InChI=1S/C13H7Cl2NO/c14-11-6-13(17)12(15)5-10(11)9-3-1-2-8(4-9)7-16/h1-6,17H. The van der Waals surface area contributed by atoms with Crippen LogP contribution in [0.2, 0.25) is 10.0 Å². The van der Waals surface area contributed by atoms with E-state index in [9.17, 15) is 5.11 Å². The van der Waals surface area contributed by atoms with E-state index < -0.39 is 0 Å². The highest BCUT2D eigenvalue weighted by Crippen LogP contribution is 2.36. The molecular weight excluding hydrogens is 257 g/mol. The van der Waals surface area contributed by atoms with E-state index in [4.69, 9.17) is 28.5 Å². The quantitative estimate of drug-likeness (QED) is 0.837. The number of nitriles is 1. The van der Waals surface area contributed by atoms with Crippen LogP contribution in [0.5, 0.6) is 5.75 Å². The zero-order chi connectivity index (χ0) is 12.4. The molecule has 0 spiro atoms. The molecule has 2 aromatic carbocycles. The van der Waals surface area contributed by atoms with Crippen molar-refractivity contribution in [1.82, 2.24) is 0 Å². The molecule has 84 valence electrons. The molecule has 0 aromatic heterocycles. The zero-order valence-corrected chi connectivity index (χ0v) is 10.1. The van der Waals surface area contributed by atoms with Gasteiger partial charge in [-0.2, -0.15) is 5.26 Å². The summed E-state index contributed by atoms with van der Waals surface area (Å²) in [7, 11) is 0. The molecule has 0 saturated heterocycles. The highest BCUT2D eigenvalue weighted by Gasteiger charge is 2.08. The van der Waals surface area contributed by atoms with E-state index >= 15 is 0 Å². The Morgan fingerprint density at radius 3 is 2.53 bits per heavy atom. The predicted octanol–water partition coefficient (Wildman–Crippen LogP) is 4.24. The van der Waals surface area contributed by atoms with Crippen LogP contribution >= 0.6 is 23.2 Å². The Hall–Kier alpha value is -1.69. The van der Waals surface area contributed by atoms with E-state index in [1.54, 1.807) is 24.3 Å². The van der Waals surface area contributed by atoms with Gasteiger partial charge in [0, 0.05) is 11.6 Å². The molecule has 0 amide bonds. The zero-order valence-electron chi connectivity index (χ0n) is 8.61. The summed E-state index contributed by atoms with van der Waals surface area (Å²) in [5.74, 6) is -0.0585. The first-order chi connectivity index (χ1) is 8.11. The number of hydrogen-bond acceptors (Lipinski definition) is 2. The van der Waals surface area contributed by atoms with Gasteiger partial charge in [-0.25, -0.2) is 0 Å². The van der Waals surface area contributed by atoms with E-state index in [1.165, 1.54) is 6.07 Å². The van der Waals surface area contributed by atoms with E-state index in [1.807, 2.05) is 6.07 Å². The van der Waals surface area contributed by atoms with Gasteiger partial charge in [-0.05, 0) is 23.8 Å². The van der Waals surface area contributed by atoms with Crippen molar-refractivity contribution in [2.24, 2.45) is 0 Å². The summed E-state index contributed by atoms with van der Waals surface area (Å²) < 4.78 is 0. The molecule has 0 heterocycles. The Morgan fingerprint density at radius 2 is 1.82 bits per heavy atom. The average Bonchev–Trinajstić information content (AvgIpc) is 2.34. The van der Waals surface area contributed by atoms with Gasteiger partial charge in [0.1, 0.15) is 5.75 Å². The molecule has 0 bridgehead atoms. The van der Waals surface area contributed by atoms with Crippen LogP contribution in [-0.2, 0) is 0 Å². The molecule has 0 fully saturated rings. The van der Waals surface area contributed by atoms with Crippen LogP contribution in [0.4, 0.5) is 0 Å². The molecule has 0 atom stereocenters. The smallest absolute Gasteiger partial charge is 0.135 e. The third-order valence-corrected chi connectivity index (χ3v) is 2.95. The number of nitrogens with zero attached hydrogens (tertiary/aromatic N) is 1. The van der Waals surface area contributed by atoms with Gasteiger partial charge in [-0.15, -0.1) is 0 Å². The lowest BCUT2D eigenvalue weighted by Gasteiger charge is -2.07. The number of aromatic hydroxyl groups is 1. The fourth-order valence-corrected chi connectivity index (χ4v) is 1.94. The van der Waals surface area contributed by atoms with Gasteiger partial charge in [0.2, 0.25) is 0 Å². The second-order valence-electron chi connectivity index (χ2n) is 3.48. The summed E-state index contributed by atoms with van der Waals surface area (Å²) in [5.41, 5.74) is 2.02. The van der Waals surface area contributed by atoms with Crippen molar-refractivity contribution < 1.29 is 5.11 Å². The molecule has 2 aromatic rings. The first kappa shape index (κ1) is 11.8. The number of rotatable bonds is 1. The first-order valence-corrected chi connectivity index (χ1v) is 5.56. The van der Waals surface area contributed by atoms with E-state index in [0.29, 0.717) is 16.1 Å². The van der Waals surface area contributed by atoms with Crippen LogP contribution in [0.1, 0.15) is 5.56 Å². The highest BCUT2D eigenvalue weighted by atomic mass is 35.5. The van der Waals surface area contributed by atoms with Gasteiger partial charge in [0.15, 0.2) is 0 Å². The molecule has 0 radical (unpaired) electrons. The molecule has 1 N–H and O–H groups in total. The van der Waals surface area contributed by atoms with Crippen LogP contribution in [0.3, 0.4) is 0 Å². The summed E-state index contributed by atoms with van der Waals surface area (Å²) in [6.07, 6.45) is 0. The second kappa shape index (κ2) is 4.67. The van der Waals surface area contributed by atoms with Gasteiger partial charge < -0.3 is 5.11 Å². The third kappa shape index (κ3) is 2.36. The fraction of sp³-hybridized carbons (Fsp3) is 0. The average molecular weight is 264 g/mol. The number of benzene rings is 2. The largest absolute Gasteiger partial charge is 0.506 e. The van der Waals surface area contributed by atoms with Gasteiger partial charge in [0.25, 0.3) is 0 Å². The lowest BCUT2D eigenvalue weighted by atomic mass is 10.0. The van der Waals surface area contributed by atoms with Gasteiger partial charge in [-0.3, -0.25) is 0 Å². The minimum atomic E-state index is -0.0585. The Morgan fingerprint density at radius 1 is 1.06 bits per heavy atom. The Balaban J connectivity index is 2.61. The van der Waals surface area contributed by atoms with Crippen molar-refractivity contribution >= 4 is 23.2 Å². The summed E-state index contributed by atoms with van der Waals surface area (Å²) in [6, 6.07) is 12.0. The third-order valence-electron chi connectivity index (χ3n) is 2.34.